The topological polar surface area (TPSA) is 109 Å². The number of halogens is 1. The normalized spacial score (nSPS) is 13.9. The van der Waals surface area contributed by atoms with Gasteiger partial charge in [-0.15, -0.1) is 0 Å². The van der Waals surface area contributed by atoms with Gasteiger partial charge >= 0.3 is 0 Å². The zero-order valence-corrected chi connectivity index (χ0v) is 20.9. The van der Waals surface area contributed by atoms with E-state index in [-0.39, 0.29) is 10.8 Å². The van der Waals surface area contributed by atoms with Crippen LogP contribution in [0.2, 0.25) is 0 Å². The van der Waals surface area contributed by atoms with Crippen LogP contribution in [0.5, 0.6) is 5.75 Å². The molecule has 186 valence electrons. The Labute approximate surface area is 208 Å². The Morgan fingerprint density at radius 3 is 2.67 bits per heavy atom. The van der Waals surface area contributed by atoms with Crippen LogP contribution >= 0.6 is 0 Å². The van der Waals surface area contributed by atoms with Gasteiger partial charge in [-0.1, -0.05) is 0 Å². The van der Waals surface area contributed by atoms with Gasteiger partial charge in [0.15, 0.2) is 26.5 Å². The Morgan fingerprint density at radius 2 is 1.89 bits per heavy atom. The van der Waals surface area contributed by atoms with Crippen LogP contribution in [0.4, 0.5) is 27.5 Å². The zero-order valence-electron chi connectivity index (χ0n) is 20.0. The highest BCUT2D eigenvalue weighted by Crippen LogP contribution is 2.33. The van der Waals surface area contributed by atoms with E-state index in [0.717, 1.165) is 49.0 Å². The molecule has 0 unspecified atom stereocenters. The lowest BCUT2D eigenvalue weighted by atomic mass is 9.99. The highest BCUT2D eigenvalue weighted by atomic mass is 32.2. The first-order valence-corrected chi connectivity index (χ1v) is 13.1. The molecule has 1 aliphatic rings. The Morgan fingerprint density at radius 1 is 1.06 bits per heavy atom. The second kappa shape index (κ2) is 9.32. The average molecular weight is 509 g/mol. The zero-order chi connectivity index (χ0) is 25.4. The third-order valence-corrected chi connectivity index (χ3v) is 7.00. The first-order chi connectivity index (χ1) is 17.2. The summed E-state index contributed by atoms with van der Waals surface area (Å²) in [5.41, 5.74) is 4.37. The van der Waals surface area contributed by atoms with Crippen LogP contribution in [0, 0.1) is 5.82 Å². The molecule has 2 aromatic heterocycles. The molecule has 3 heterocycles. The molecule has 0 bridgehead atoms. The fourth-order valence-corrected chi connectivity index (χ4v) is 4.70. The summed E-state index contributed by atoms with van der Waals surface area (Å²) in [4.78, 5) is 15.2. The lowest BCUT2D eigenvalue weighted by molar-refractivity contribution is 0.312. The maximum atomic E-state index is 14.3. The average Bonchev–Trinajstić information content (AvgIpc) is 2.84. The first kappa shape index (κ1) is 23.9. The van der Waals surface area contributed by atoms with Crippen LogP contribution < -0.4 is 15.4 Å². The molecule has 0 aliphatic carbocycles. The van der Waals surface area contributed by atoms with Crippen LogP contribution in [-0.4, -0.2) is 55.2 Å². The van der Waals surface area contributed by atoms with Gasteiger partial charge in [0.25, 0.3) is 0 Å². The predicted molar refractivity (Wildman–Crippen MR) is 136 cm³/mol. The minimum atomic E-state index is -3.58. The molecule has 0 spiro atoms. The largest absolute Gasteiger partial charge is 0.495 e. The number of aromatic nitrogens is 3. The Bertz CT molecular complexity index is 1580. The molecule has 0 atom stereocenters. The molecule has 2 N–H and O–H groups in total. The van der Waals surface area contributed by atoms with E-state index in [0.29, 0.717) is 22.9 Å². The van der Waals surface area contributed by atoms with Gasteiger partial charge in [-0.3, -0.25) is 0 Å². The van der Waals surface area contributed by atoms with Crippen molar-refractivity contribution < 1.29 is 17.5 Å². The van der Waals surface area contributed by atoms with Gasteiger partial charge in [-0.25, -0.2) is 27.8 Å². The van der Waals surface area contributed by atoms with Crippen molar-refractivity contribution >= 4 is 43.9 Å². The number of nitrogens with zero attached hydrogens (tertiary/aromatic N) is 4. The van der Waals surface area contributed by atoms with E-state index in [1.807, 2.05) is 0 Å². The lowest BCUT2D eigenvalue weighted by Crippen LogP contribution is -2.26. The smallest absolute Gasteiger partial charge is 0.227 e. The number of methoxy groups -OCH3 is 1. The molecule has 0 saturated carbocycles. The number of hydrogen-bond acceptors (Lipinski definition) is 9. The molecule has 0 radical (unpaired) electrons. The molecule has 4 aromatic rings. The number of nitrogens with one attached hydrogen (secondary N) is 2. The number of benzene rings is 2. The fourth-order valence-electron chi connectivity index (χ4n) is 4.13. The summed E-state index contributed by atoms with van der Waals surface area (Å²) < 4.78 is 43.5. The fraction of sp³-hybridized carbons (Fsp3) is 0.240. The summed E-state index contributed by atoms with van der Waals surface area (Å²) in [7, 11) is 0.148. The summed E-state index contributed by atoms with van der Waals surface area (Å²) in [5.74, 6) is 0.237. The van der Waals surface area contributed by atoms with E-state index in [4.69, 9.17) is 4.74 Å². The number of hydrogen-bond donors (Lipinski definition) is 2. The molecule has 5 rings (SSSR count). The molecule has 0 amide bonds. The predicted octanol–water partition coefficient (Wildman–Crippen LogP) is 4.05. The van der Waals surface area contributed by atoms with E-state index in [9.17, 15) is 12.8 Å². The van der Waals surface area contributed by atoms with Crippen molar-refractivity contribution in [2.75, 3.05) is 37.6 Å². The molecule has 11 heteroatoms. The Balaban J connectivity index is 1.44. The third kappa shape index (κ3) is 4.93. The Hall–Kier alpha value is -3.83. The summed E-state index contributed by atoms with van der Waals surface area (Å²) in [6, 6.07) is 11.5. The van der Waals surface area contributed by atoms with E-state index in [1.54, 1.807) is 31.5 Å². The molecule has 9 nitrogen and oxygen atoms in total. The van der Waals surface area contributed by atoms with Gasteiger partial charge in [0.2, 0.25) is 5.95 Å². The minimum Gasteiger partial charge on any atom is -0.495 e. The van der Waals surface area contributed by atoms with Gasteiger partial charge in [0.1, 0.15) is 5.75 Å². The number of rotatable bonds is 6. The number of sulfone groups is 1. The summed E-state index contributed by atoms with van der Waals surface area (Å²) >= 11 is 0. The quantitative estimate of drug-likeness (QED) is 0.399. The van der Waals surface area contributed by atoms with Crippen LogP contribution in [-0.2, 0) is 22.8 Å². The van der Waals surface area contributed by atoms with Crippen molar-refractivity contribution in [1.29, 1.82) is 0 Å². The van der Waals surface area contributed by atoms with Gasteiger partial charge in [0, 0.05) is 36.6 Å². The van der Waals surface area contributed by atoms with Crippen molar-refractivity contribution in [3.8, 4) is 5.75 Å². The van der Waals surface area contributed by atoms with Crippen LogP contribution in [0.15, 0.2) is 53.7 Å². The lowest BCUT2D eigenvalue weighted by Gasteiger charge is -2.26. The molecule has 2 aromatic carbocycles. The molecule has 1 aliphatic heterocycles. The van der Waals surface area contributed by atoms with Gasteiger partial charge < -0.3 is 20.3 Å². The number of pyridine rings is 1. The van der Waals surface area contributed by atoms with Crippen molar-refractivity contribution in [3.05, 3.63) is 65.6 Å². The maximum absolute atomic E-state index is 14.3. The van der Waals surface area contributed by atoms with E-state index in [2.05, 4.69) is 49.7 Å². The molecular weight excluding hydrogens is 483 g/mol. The minimum absolute atomic E-state index is 0.187. The number of likely N-dealkylation sites (N-methyl/N-ethyl adjacent to an activating group) is 1. The summed E-state index contributed by atoms with van der Waals surface area (Å²) in [6.45, 7) is 1.86. The third-order valence-electron chi connectivity index (χ3n) is 6.02. The summed E-state index contributed by atoms with van der Waals surface area (Å²) in [5, 5.41) is 6.67. The number of ether oxygens (including phenoxy) is 1. The number of fused-ring (bicyclic) bond motifs is 2. The van der Waals surface area contributed by atoms with E-state index in [1.165, 1.54) is 11.1 Å². The Kier molecular flexibility index (Phi) is 6.19. The van der Waals surface area contributed by atoms with Crippen molar-refractivity contribution in [3.63, 3.8) is 0 Å². The summed E-state index contributed by atoms with van der Waals surface area (Å²) in [6.07, 6.45) is 3.68. The second-order valence-corrected chi connectivity index (χ2v) is 10.7. The molecule has 0 saturated heterocycles. The first-order valence-electron chi connectivity index (χ1n) is 11.3. The second-order valence-electron chi connectivity index (χ2n) is 8.78. The number of anilines is 4. The maximum Gasteiger partial charge on any atom is 0.227 e. The van der Waals surface area contributed by atoms with Crippen LogP contribution in [0.3, 0.4) is 0 Å². The SMILES string of the molecule is COc1cc2c(cc1Nc1ncc3ccc(Nc4nc(S(C)(=O)=O)ccc4F)cc3n1)CN(C)CC2. The van der Waals surface area contributed by atoms with Gasteiger partial charge in [-0.05, 0) is 67.1 Å². The van der Waals surface area contributed by atoms with Crippen LogP contribution in [0.1, 0.15) is 11.1 Å². The highest BCUT2D eigenvalue weighted by Gasteiger charge is 2.18. The molecule has 0 fully saturated rings. The standard InChI is InChI=1S/C25H25FN6O3S/c1-32-9-8-15-11-22(35-2)21(10-17(15)14-32)30-25-27-13-16-4-5-18(12-20(16)29-25)28-24-19(26)6-7-23(31-24)36(3,33)34/h4-7,10-13H,8-9,14H2,1-3H3,(H,28,31)(H,27,29,30). The monoisotopic (exact) mass is 508 g/mol. The van der Waals surface area contributed by atoms with E-state index >= 15 is 0 Å². The molecule has 36 heavy (non-hydrogen) atoms. The van der Waals surface area contributed by atoms with Gasteiger partial charge in [0.05, 0.1) is 18.3 Å². The molecular formula is C25H25FN6O3S. The van der Waals surface area contributed by atoms with Crippen molar-refractivity contribution in [1.82, 2.24) is 19.9 Å². The highest BCUT2D eigenvalue weighted by molar-refractivity contribution is 7.90. The van der Waals surface area contributed by atoms with Gasteiger partial charge in [-0.2, -0.15) is 0 Å². The van der Waals surface area contributed by atoms with Crippen molar-refractivity contribution in [2.45, 2.75) is 18.0 Å². The van der Waals surface area contributed by atoms with E-state index < -0.39 is 15.7 Å². The van der Waals surface area contributed by atoms with Crippen molar-refractivity contribution in [2.24, 2.45) is 0 Å². The van der Waals surface area contributed by atoms with Crippen LogP contribution in [0.25, 0.3) is 10.9 Å².